The first-order chi connectivity index (χ1) is 6.72. The number of ketones is 1. The summed E-state index contributed by atoms with van der Waals surface area (Å²) in [7, 11) is 0. The lowest BCUT2D eigenvalue weighted by atomic mass is 9.84. The van der Waals surface area contributed by atoms with E-state index < -0.39 is 0 Å². The summed E-state index contributed by atoms with van der Waals surface area (Å²) in [5, 5.41) is 0. The SMILES string of the molecule is CCC(=O)/C=C/C1C2C=CC(C2)C1C. The van der Waals surface area contributed by atoms with Gasteiger partial charge >= 0.3 is 0 Å². The molecule has 2 bridgehead atoms. The van der Waals surface area contributed by atoms with Gasteiger partial charge in [-0.2, -0.15) is 0 Å². The first-order valence-corrected chi connectivity index (χ1v) is 5.61. The fraction of sp³-hybridized carbons (Fsp3) is 0.615. The summed E-state index contributed by atoms with van der Waals surface area (Å²) in [6, 6.07) is 0. The molecule has 0 amide bonds. The summed E-state index contributed by atoms with van der Waals surface area (Å²) < 4.78 is 0. The second-order valence-electron chi connectivity index (χ2n) is 4.56. The number of carbonyl (C=O) groups excluding carboxylic acids is 1. The van der Waals surface area contributed by atoms with Gasteiger partial charge in [0.05, 0.1) is 0 Å². The minimum atomic E-state index is 0.254. The zero-order valence-corrected chi connectivity index (χ0v) is 8.94. The van der Waals surface area contributed by atoms with Crippen LogP contribution in [0.5, 0.6) is 0 Å². The molecule has 0 radical (unpaired) electrons. The average Bonchev–Trinajstić information content (AvgIpc) is 2.75. The van der Waals surface area contributed by atoms with Crippen LogP contribution in [0.4, 0.5) is 0 Å². The molecular formula is C13H18O. The maximum absolute atomic E-state index is 11.2. The topological polar surface area (TPSA) is 17.1 Å². The van der Waals surface area contributed by atoms with Crippen molar-refractivity contribution in [3.63, 3.8) is 0 Å². The molecular weight excluding hydrogens is 172 g/mol. The highest BCUT2D eigenvalue weighted by Gasteiger charge is 2.40. The van der Waals surface area contributed by atoms with Gasteiger partial charge in [0.15, 0.2) is 5.78 Å². The van der Waals surface area contributed by atoms with E-state index in [1.54, 1.807) is 6.08 Å². The first kappa shape index (κ1) is 9.70. The molecule has 0 spiro atoms. The Hall–Kier alpha value is -0.850. The predicted molar refractivity (Wildman–Crippen MR) is 57.8 cm³/mol. The fourth-order valence-electron chi connectivity index (χ4n) is 2.76. The van der Waals surface area contributed by atoms with Gasteiger partial charge in [0.1, 0.15) is 0 Å². The molecule has 0 aromatic heterocycles. The van der Waals surface area contributed by atoms with E-state index in [2.05, 4.69) is 25.2 Å². The highest BCUT2D eigenvalue weighted by atomic mass is 16.1. The molecule has 0 aromatic carbocycles. The number of rotatable bonds is 3. The van der Waals surface area contributed by atoms with Crippen LogP contribution in [-0.4, -0.2) is 5.78 Å². The summed E-state index contributed by atoms with van der Waals surface area (Å²) >= 11 is 0. The lowest BCUT2D eigenvalue weighted by molar-refractivity contribution is -0.114. The molecule has 2 aliphatic carbocycles. The molecule has 76 valence electrons. The summed E-state index contributed by atoms with van der Waals surface area (Å²) in [6.07, 6.45) is 10.5. The minimum absolute atomic E-state index is 0.254. The molecule has 4 atom stereocenters. The number of allylic oxidation sites excluding steroid dienone is 4. The van der Waals surface area contributed by atoms with Crippen LogP contribution in [0, 0.1) is 23.7 Å². The quantitative estimate of drug-likeness (QED) is 0.494. The molecule has 0 saturated heterocycles. The zero-order chi connectivity index (χ0) is 10.1. The highest BCUT2D eigenvalue weighted by Crippen LogP contribution is 2.48. The molecule has 0 N–H and O–H groups in total. The lowest BCUT2D eigenvalue weighted by Gasteiger charge is -2.21. The average molecular weight is 190 g/mol. The first-order valence-electron chi connectivity index (χ1n) is 5.61. The molecule has 0 aromatic rings. The maximum atomic E-state index is 11.2. The molecule has 1 saturated carbocycles. The van der Waals surface area contributed by atoms with Gasteiger partial charge in [0.2, 0.25) is 0 Å². The van der Waals surface area contributed by atoms with Crippen molar-refractivity contribution in [2.45, 2.75) is 26.7 Å². The molecule has 14 heavy (non-hydrogen) atoms. The Bertz CT molecular complexity index is 288. The van der Waals surface area contributed by atoms with Gasteiger partial charge in [0, 0.05) is 6.42 Å². The van der Waals surface area contributed by atoms with Crippen LogP contribution in [-0.2, 0) is 4.79 Å². The number of hydrogen-bond acceptors (Lipinski definition) is 1. The third kappa shape index (κ3) is 1.56. The minimum Gasteiger partial charge on any atom is -0.295 e. The predicted octanol–water partition coefficient (Wildman–Crippen LogP) is 2.98. The van der Waals surface area contributed by atoms with Crippen LogP contribution in [0.1, 0.15) is 26.7 Å². The van der Waals surface area contributed by atoms with Crippen molar-refractivity contribution in [3.05, 3.63) is 24.3 Å². The number of hydrogen-bond donors (Lipinski definition) is 0. The molecule has 2 rings (SSSR count). The number of carbonyl (C=O) groups is 1. The Balaban J connectivity index is 2.03. The normalized spacial score (nSPS) is 39.9. The van der Waals surface area contributed by atoms with E-state index in [0.29, 0.717) is 18.3 Å². The Morgan fingerprint density at radius 2 is 2.14 bits per heavy atom. The van der Waals surface area contributed by atoms with Crippen molar-refractivity contribution in [2.75, 3.05) is 0 Å². The van der Waals surface area contributed by atoms with E-state index in [4.69, 9.17) is 0 Å². The molecule has 0 aliphatic heterocycles. The summed E-state index contributed by atoms with van der Waals surface area (Å²) in [6.45, 7) is 4.22. The second kappa shape index (κ2) is 3.72. The van der Waals surface area contributed by atoms with Gasteiger partial charge in [-0.05, 0) is 36.2 Å². The van der Waals surface area contributed by atoms with Gasteiger partial charge in [-0.15, -0.1) is 0 Å². The molecule has 1 nitrogen and oxygen atoms in total. The molecule has 1 heteroatoms. The van der Waals surface area contributed by atoms with E-state index in [0.717, 1.165) is 11.8 Å². The molecule has 4 unspecified atom stereocenters. The van der Waals surface area contributed by atoms with Crippen molar-refractivity contribution in [1.82, 2.24) is 0 Å². The van der Waals surface area contributed by atoms with E-state index in [9.17, 15) is 4.79 Å². The van der Waals surface area contributed by atoms with Crippen molar-refractivity contribution >= 4 is 5.78 Å². The van der Waals surface area contributed by atoms with Crippen molar-refractivity contribution in [3.8, 4) is 0 Å². The molecule has 1 fully saturated rings. The van der Waals surface area contributed by atoms with Crippen molar-refractivity contribution < 1.29 is 4.79 Å². The van der Waals surface area contributed by atoms with Crippen LogP contribution in [0.3, 0.4) is 0 Å². The van der Waals surface area contributed by atoms with Crippen molar-refractivity contribution in [2.24, 2.45) is 23.7 Å². The van der Waals surface area contributed by atoms with Crippen LogP contribution >= 0.6 is 0 Å². The molecule has 2 aliphatic rings. The van der Waals surface area contributed by atoms with Gasteiger partial charge in [-0.1, -0.05) is 32.1 Å². The van der Waals surface area contributed by atoms with Gasteiger partial charge < -0.3 is 0 Å². The summed E-state index contributed by atoms with van der Waals surface area (Å²) in [5.41, 5.74) is 0. The van der Waals surface area contributed by atoms with Crippen molar-refractivity contribution in [1.29, 1.82) is 0 Å². The lowest BCUT2D eigenvalue weighted by Crippen LogP contribution is -2.14. The third-order valence-corrected chi connectivity index (χ3v) is 3.78. The fourth-order valence-corrected chi connectivity index (χ4v) is 2.76. The zero-order valence-electron chi connectivity index (χ0n) is 8.94. The summed E-state index contributed by atoms with van der Waals surface area (Å²) in [5.74, 6) is 3.07. The van der Waals surface area contributed by atoms with E-state index in [1.807, 2.05) is 6.92 Å². The highest BCUT2D eigenvalue weighted by molar-refractivity contribution is 5.89. The van der Waals surface area contributed by atoms with Gasteiger partial charge in [-0.25, -0.2) is 0 Å². The Morgan fingerprint density at radius 1 is 1.43 bits per heavy atom. The Kier molecular flexibility index (Phi) is 2.58. The van der Waals surface area contributed by atoms with Gasteiger partial charge in [-0.3, -0.25) is 4.79 Å². The maximum Gasteiger partial charge on any atom is 0.155 e. The Labute approximate surface area is 85.9 Å². The number of fused-ring (bicyclic) bond motifs is 2. The van der Waals surface area contributed by atoms with E-state index in [1.165, 1.54) is 6.42 Å². The Morgan fingerprint density at radius 3 is 2.71 bits per heavy atom. The van der Waals surface area contributed by atoms with Crippen LogP contribution in [0.25, 0.3) is 0 Å². The van der Waals surface area contributed by atoms with E-state index >= 15 is 0 Å². The standard InChI is InChI=1S/C13H18O/c1-3-12(14)6-7-13-9(2)10-4-5-11(13)8-10/h4-7,9-11,13H,3,8H2,1-2H3/b7-6+. The monoisotopic (exact) mass is 190 g/mol. The third-order valence-electron chi connectivity index (χ3n) is 3.78. The summed E-state index contributed by atoms with van der Waals surface area (Å²) in [4.78, 5) is 11.2. The smallest absolute Gasteiger partial charge is 0.155 e. The van der Waals surface area contributed by atoms with Crippen LogP contribution in [0.15, 0.2) is 24.3 Å². The van der Waals surface area contributed by atoms with Crippen LogP contribution < -0.4 is 0 Å². The van der Waals surface area contributed by atoms with Crippen LogP contribution in [0.2, 0.25) is 0 Å². The molecule has 0 heterocycles. The second-order valence-corrected chi connectivity index (χ2v) is 4.56. The largest absolute Gasteiger partial charge is 0.295 e. The van der Waals surface area contributed by atoms with Gasteiger partial charge in [0.25, 0.3) is 0 Å². The van der Waals surface area contributed by atoms with E-state index in [-0.39, 0.29) is 5.78 Å².